The fraction of sp³-hybridized carbons (Fsp3) is 0.533. The summed E-state index contributed by atoms with van der Waals surface area (Å²) in [6.45, 7) is 6.22. The molecule has 0 atom stereocenters. The summed E-state index contributed by atoms with van der Waals surface area (Å²) in [4.78, 5) is 2.38. The molecular weight excluding hydrogens is 316 g/mol. The van der Waals surface area contributed by atoms with Gasteiger partial charge in [0.25, 0.3) is 10.2 Å². The maximum absolute atomic E-state index is 11.2. The number of nitrogens with two attached hydrogens (primary N) is 1. The van der Waals surface area contributed by atoms with Crippen molar-refractivity contribution in [3.8, 4) is 11.8 Å². The SMILES string of the molecule is CC(C)N1CCC(Oc2cccc(NS(N)(=O)=O)c2C#N)CC1. The Balaban J connectivity index is 2.12. The predicted octanol–water partition coefficient (Wildman–Crippen LogP) is 1.43. The van der Waals surface area contributed by atoms with E-state index in [1.165, 1.54) is 6.07 Å². The molecule has 0 saturated carbocycles. The molecule has 3 N–H and O–H groups in total. The number of nitrogens with one attached hydrogen (secondary N) is 1. The van der Waals surface area contributed by atoms with Crippen molar-refractivity contribution in [3.05, 3.63) is 23.8 Å². The van der Waals surface area contributed by atoms with Crippen molar-refractivity contribution >= 4 is 15.9 Å². The third-order valence-electron chi connectivity index (χ3n) is 3.89. The minimum absolute atomic E-state index is 0.0156. The van der Waals surface area contributed by atoms with Crippen LogP contribution in [0.15, 0.2) is 18.2 Å². The zero-order valence-electron chi connectivity index (χ0n) is 13.3. The third kappa shape index (κ3) is 4.82. The van der Waals surface area contributed by atoms with E-state index < -0.39 is 10.2 Å². The quantitative estimate of drug-likeness (QED) is 0.844. The van der Waals surface area contributed by atoms with Crippen molar-refractivity contribution in [2.24, 2.45) is 5.14 Å². The zero-order chi connectivity index (χ0) is 17.0. The first kappa shape index (κ1) is 17.5. The van der Waals surface area contributed by atoms with Crippen LogP contribution in [0.2, 0.25) is 0 Å². The minimum Gasteiger partial charge on any atom is -0.489 e. The van der Waals surface area contributed by atoms with Crippen LogP contribution < -0.4 is 14.6 Å². The summed E-state index contributed by atoms with van der Waals surface area (Å²) in [5, 5.41) is 14.3. The highest BCUT2D eigenvalue weighted by Crippen LogP contribution is 2.29. The number of ether oxygens (including phenoxy) is 1. The lowest BCUT2D eigenvalue weighted by atomic mass is 10.1. The summed E-state index contributed by atoms with van der Waals surface area (Å²) >= 11 is 0. The summed E-state index contributed by atoms with van der Waals surface area (Å²) in [6, 6.07) is 7.28. The first-order valence-electron chi connectivity index (χ1n) is 7.54. The van der Waals surface area contributed by atoms with Gasteiger partial charge in [-0.3, -0.25) is 4.72 Å². The highest BCUT2D eigenvalue weighted by Gasteiger charge is 2.23. The van der Waals surface area contributed by atoms with Gasteiger partial charge < -0.3 is 9.64 Å². The summed E-state index contributed by atoms with van der Waals surface area (Å²) in [5.74, 6) is 0.379. The standard InChI is InChI=1S/C15H22N4O3S/c1-11(2)19-8-6-12(7-9-19)22-15-5-3-4-14(13(15)10-16)18-23(17,20)21/h3-5,11-12,18H,6-9H2,1-2H3,(H2,17,20,21). The van der Waals surface area contributed by atoms with Crippen molar-refractivity contribution in [3.63, 3.8) is 0 Å². The van der Waals surface area contributed by atoms with Gasteiger partial charge in [-0.15, -0.1) is 0 Å². The van der Waals surface area contributed by atoms with E-state index >= 15 is 0 Å². The van der Waals surface area contributed by atoms with Crippen molar-refractivity contribution in [2.75, 3.05) is 17.8 Å². The number of hydrogen-bond donors (Lipinski definition) is 2. The highest BCUT2D eigenvalue weighted by molar-refractivity contribution is 7.90. The van der Waals surface area contributed by atoms with E-state index in [0.717, 1.165) is 25.9 Å². The number of anilines is 1. The molecule has 0 aromatic heterocycles. The first-order chi connectivity index (χ1) is 10.8. The van der Waals surface area contributed by atoms with Crippen LogP contribution in [0.25, 0.3) is 0 Å². The second-order valence-electron chi connectivity index (χ2n) is 5.88. The molecule has 1 aromatic carbocycles. The lowest BCUT2D eigenvalue weighted by molar-refractivity contribution is 0.0842. The summed E-state index contributed by atoms with van der Waals surface area (Å²) < 4.78 is 30.4. The molecule has 126 valence electrons. The Labute approximate surface area is 137 Å². The molecule has 1 aliphatic rings. The molecule has 0 amide bonds. The minimum atomic E-state index is -3.94. The van der Waals surface area contributed by atoms with Crippen LogP contribution in [-0.2, 0) is 10.2 Å². The smallest absolute Gasteiger partial charge is 0.296 e. The molecule has 2 rings (SSSR count). The molecule has 0 spiro atoms. The van der Waals surface area contributed by atoms with Gasteiger partial charge in [0, 0.05) is 19.1 Å². The maximum Gasteiger partial charge on any atom is 0.296 e. The van der Waals surface area contributed by atoms with Crippen LogP contribution in [-0.4, -0.2) is 38.6 Å². The molecular formula is C15H22N4O3S. The second-order valence-corrected chi connectivity index (χ2v) is 7.18. The molecule has 0 radical (unpaired) electrons. The zero-order valence-corrected chi connectivity index (χ0v) is 14.1. The van der Waals surface area contributed by atoms with Gasteiger partial charge in [0.05, 0.1) is 5.69 Å². The molecule has 1 aromatic rings. The molecule has 1 fully saturated rings. The largest absolute Gasteiger partial charge is 0.489 e. The second kappa shape index (κ2) is 7.17. The van der Waals surface area contributed by atoms with Crippen molar-refractivity contribution in [1.82, 2.24) is 4.90 Å². The Morgan fingerprint density at radius 3 is 2.57 bits per heavy atom. The molecule has 1 aliphatic heterocycles. The van der Waals surface area contributed by atoms with E-state index in [2.05, 4.69) is 23.5 Å². The fourth-order valence-corrected chi connectivity index (χ4v) is 3.15. The molecule has 7 nitrogen and oxygen atoms in total. The van der Waals surface area contributed by atoms with Gasteiger partial charge in [0.15, 0.2) is 0 Å². The van der Waals surface area contributed by atoms with Crippen LogP contribution in [0.4, 0.5) is 5.69 Å². The van der Waals surface area contributed by atoms with Gasteiger partial charge in [-0.25, -0.2) is 5.14 Å². The van der Waals surface area contributed by atoms with Crippen molar-refractivity contribution < 1.29 is 13.2 Å². The Morgan fingerprint density at radius 2 is 2.04 bits per heavy atom. The van der Waals surface area contributed by atoms with Gasteiger partial charge >= 0.3 is 0 Å². The van der Waals surface area contributed by atoms with E-state index in [-0.39, 0.29) is 17.4 Å². The Kier molecular flexibility index (Phi) is 5.46. The van der Waals surface area contributed by atoms with Crippen LogP contribution in [0.5, 0.6) is 5.75 Å². The molecule has 0 bridgehead atoms. The molecule has 1 saturated heterocycles. The lowest BCUT2D eigenvalue weighted by Crippen LogP contribution is -2.41. The Morgan fingerprint density at radius 1 is 1.39 bits per heavy atom. The third-order valence-corrected chi connectivity index (χ3v) is 4.40. The van der Waals surface area contributed by atoms with Gasteiger partial charge in [0.2, 0.25) is 0 Å². The first-order valence-corrected chi connectivity index (χ1v) is 9.09. The maximum atomic E-state index is 11.2. The van der Waals surface area contributed by atoms with Gasteiger partial charge in [-0.05, 0) is 38.8 Å². The molecule has 8 heteroatoms. The van der Waals surface area contributed by atoms with Crippen LogP contribution >= 0.6 is 0 Å². The topological polar surface area (TPSA) is 108 Å². The predicted molar refractivity (Wildman–Crippen MR) is 88.2 cm³/mol. The number of nitrogens with zero attached hydrogens (tertiary/aromatic N) is 2. The number of hydrogen-bond acceptors (Lipinski definition) is 5. The normalized spacial score (nSPS) is 17.0. The lowest BCUT2D eigenvalue weighted by Gasteiger charge is -2.34. The van der Waals surface area contributed by atoms with E-state index in [9.17, 15) is 13.7 Å². The fourth-order valence-electron chi connectivity index (χ4n) is 2.67. The summed E-state index contributed by atoms with van der Waals surface area (Å²) in [7, 11) is -3.94. The van der Waals surface area contributed by atoms with Crippen molar-refractivity contribution in [1.29, 1.82) is 5.26 Å². The van der Waals surface area contributed by atoms with Crippen LogP contribution in [0.3, 0.4) is 0 Å². The number of benzene rings is 1. The Hall–Kier alpha value is -1.82. The average Bonchev–Trinajstić information content (AvgIpc) is 2.46. The number of nitriles is 1. The number of rotatable bonds is 5. The molecule has 0 aliphatic carbocycles. The molecule has 1 heterocycles. The van der Waals surface area contributed by atoms with E-state index in [1.807, 2.05) is 6.07 Å². The van der Waals surface area contributed by atoms with E-state index in [1.54, 1.807) is 12.1 Å². The number of piperidine rings is 1. The van der Waals surface area contributed by atoms with Crippen molar-refractivity contribution in [2.45, 2.75) is 38.8 Å². The number of likely N-dealkylation sites (tertiary alicyclic amines) is 1. The van der Waals surface area contributed by atoms with Crippen LogP contribution in [0, 0.1) is 11.3 Å². The van der Waals surface area contributed by atoms with E-state index in [4.69, 9.17) is 9.88 Å². The van der Waals surface area contributed by atoms with E-state index in [0.29, 0.717) is 11.8 Å². The highest BCUT2D eigenvalue weighted by atomic mass is 32.2. The summed E-state index contributed by atoms with van der Waals surface area (Å²) in [5.41, 5.74) is 0.278. The monoisotopic (exact) mass is 338 g/mol. The molecule has 23 heavy (non-hydrogen) atoms. The summed E-state index contributed by atoms with van der Waals surface area (Å²) in [6.07, 6.45) is 1.76. The Bertz CT molecular complexity index is 689. The van der Waals surface area contributed by atoms with Crippen LogP contribution in [0.1, 0.15) is 32.3 Å². The average molecular weight is 338 g/mol. The van der Waals surface area contributed by atoms with Gasteiger partial charge in [0.1, 0.15) is 23.5 Å². The van der Waals surface area contributed by atoms with Gasteiger partial charge in [-0.1, -0.05) is 6.07 Å². The molecule has 0 unspecified atom stereocenters. The van der Waals surface area contributed by atoms with Gasteiger partial charge in [-0.2, -0.15) is 13.7 Å².